The first-order valence-corrected chi connectivity index (χ1v) is 7.86. The van der Waals surface area contributed by atoms with Crippen LogP contribution in [-0.4, -0.2) is 26.8 Å². The molecule has 122 valence electrons. The van der Waals surface area contributed by atoms with E-state index in [1.54, 1.807) is 6.20 Å². The van der Waals surface area contributed by atoms with Crippen molar-refractivity contribution < 1.29 is 14.3 Å². The summed E-state index contributed by atoms with van der Waals surface area (Å²) in [7, 11) is 0. The van der Waals surface area contributed by atoms with Crippen LogP contribution in [0.2, 0.25) is 0 Å². The molecule has 2 N–H and O–H groups in total. The van der Waals surface area contributed by atoms with Gasteiger partial charge in [-0.1, -0.05) is 12.1 Å². The predicted octanol–water partition coefficient (Wildman–Crippen LogP) is 2.36. The third-order valence-corrected chi connectivity index (χ3v) is 4.38. The molecule has 1 aliphatic rings. The van der Waals surface area contributed by atoms with Gasteiger partial charge in [-0.05, 0) is 49.4 Å². The summed E-state index contributed by atoms with van der Waals surface area (Å²) in [6.45, 7) is 0. The molecule has 0 aliphatic heterocycles. The number of nitrogens with zero attached hydrogens (tertiary/aromatic N) is 2. The number of hydrogen-bond donors (Lipinski definition) is 2. The van der Waals surface area contributed by atoms with E-state index < -0.39 is 17.8 Å². The van der Waals surface area contributed by atoms with Crippen molar-refractivity contribution in [1.82, 2.24) is 15.1 Å². The van der Waals surface area contributed by atoms with Gasteiger partial charge in [0.1, 0.15) is 5.82 Å². The molecule has 1 saturated carbocycles. The summed E-state index contributed by atoms with van der Waals surface area (Å²) < 4.78 is 14.9. The maximum atomic E-state index is 12.9. The first kappa shape index (κ1) is 15.7. The Balaban J connectivity index is 1.52. The van der Waals surface area contributed by atoms with Gasteiger partial charge in [0.25, 0.3) is 5.91 Å². The fourth-order valence-corrected chi connectivity index (χ4v) is 3.06. The van der Waals surface area contributed by atoms with Crippen LogP contribution in [0, 0.1) is 5.82 Å². The number of rotatable bonds is 4. The fraction of sp³-hybridized carbons (Fsp3) is 0.412. The van der Waals surface area contributed by atoms with Crippen molar-refractivity contribution in [2.24, 2.45) is 0 Å². The number of benzene rings is 1. The van der Waals surface area contributed by atoms with Crippen LogP contribution in [0.4, 0.5) is 4.39 Å². The smallest absolute Gasteiger partial charge is 0.253 e. The minimum atomic E-state index is -1.26. The maximum Gasteiger partial charge on any atom is 0.253 e. The Bertz CT molecular complexity index is 634. The number of halogens is 1. The first-order chi connectivity index (χ1) is 11.1. The molecular formula is C17H20FN3O2. The van der Waals surface area contributed by atoms with Gasteiger partial charge in [0.05, 0.1) is 6.04 Å². The fourth-order valence-electron chi connectivity index (χ4n) is 3.06. The third-order valence-electron chi connectivity index (χ3n) is 4.38. The van der Waals surface area contributed by atoms with Crippen LogP contribution in [0.15, 0.2) is 42.7 Å². The Labute approximate surface area is 134 Å². The van der Waals surface area contributed by atoms with Gasteiger partial charge in [-0.2, -0.15) is 5.10 Å². The minimum Gasteiger partial charge on any atom is -0.378 e. The quantitative estimate of drug-likeness (QED) is 0.909. The van der Waals surface area contributed by atoms with Gasteiger partial charge >= 0.3 is 0 Å². The van der Waals surface area contributed by atoms with Gasteiger partial charge in [0.15, 0.2) is 6.10 Å². The van der Waals surface area contributed by atoms with Crippen LogP contribution in [0.25, 0.3) is 0 Å². The van der Waals surface area contributed by atoms with Crippen molar-refractivity contribution in [2.75, 3.05) is 0 Å². The molecule has 5 nitrogen and oxygen atoms in total. The molecule has 1 aromatic heterocycles. The van der Waals surface area contributed by atoms with Crippen LogP contribution in [0.1, 0.15) is 43.4 Å². The number of aliphatic hydroxyl groups excluding tert-OH is 1. The molecule has 0 spiro atoms. The molecule has 1 atom stereocenters. The number of amides is 1. The molecule has 23 heavy (non-hydrogen) atoms. The van der Waals surface area contributed by atoms with E-state index in [0.717, 1.165) is 25.7 Å². The normalized spacial score (nSPS) is 22.5. The standard InChI is InChI=1S/C17H20FN3O2/c18-13-4-2-12(3-5-13)16(22)17(23)20-14-6-8-15(9-7-14)21-11-1-10-19-21/h1-5,10-11,14-16,22H,6-9H2,(H,20,23). The monoisotopic (exact) mass is 317 g/mol. The van der Waals surface area contributed by atoms with E-state index in [1.165, 1.54) is 24.3 Å². The second-order valence-electron chi connectivity index (χ2n) is 5.95. The molecule has 0 radical (unpaired) electrons. The highest BCUT2D eigenvalue weighted by molar-refractivity contribution is 5.82. The second kappa shape index (κ2) is 6.91. The zero-order valence-corrected chi connectivity index (χ0v) is 12.7. The van der Waals surface area contributed by atoms with Gasteiger partial charge in [-0.15, -0.1) is 0 Å². The zero-order valence-electron chi connectivity index (χ0n) is 12.7. The van der Waals surface area contributed by atoms with E-state index >= 15 is 0 Å². The number of carbonyl (C=O) groups is 1. The lowest BCUT2D eigenvalue weighted by atomic mass is 9.91. The van der Waals surface area contributed by atoms with Gasteiger partial charge in [0, 0.05) is 18.4 Å². The SMILES string of the molecule is O=C(NC1CCC(n2cccn2)CC1)C(O)c1ccc(F)cc1. The summed E-state index contributed by atoms with van der Waals surface area (Å²) in [6, 6.07) is 7.67. The van der Waals surface area contributed by atoms with Crippen LogP contribution < -0.4 is 5.32 Å². The van der Waals surface area contributed by atoms with Crippen LogP contribution >= 0.6 is 0 Å². The van der Waals surface area contributed by atoms with E-state index in [2.05, 4.69) is 10.4 Å². The lowest BCUT2D eigenvalue weighted by molar-refractivity contribution is -0.130. The first-order valence-electron chi connectivity index (χ1n) is 7.86. The number of aromatic nitrogens is 2. The molecule has 0 bridgehead atoms. The zero-order chi connectivity index (χ0) is 16.2. The summed E-state index contributed by atoms with van der Waals surface area (Å²) in [5.41, 5.74) is 0.397. The molecule has 3 rings (SSSR count). The molecule has 1 aromatic carbocycles. The van der Waals surface area contributed by atoms with Crippen molar-refractivity contribution in [1.29, 1.82) is 0 Å². The van der Waals surface area contributed by atoms with Crippen LogP contribution in [-0.2, 0) is 4.79 Å². The van der Waals surface area contributed by atoms with Crippen LogP contribution in [0.3, 0.4) is 0 Å². The Kier molecular flexibility index (Phi) is 4.71. The summed E-state index contributed by atoms with van der Waals surface area (Å²) in [6.07, 6.45) is 6.06. The Hall–Kier alpha value is -2.21. The molecule has 2 aromatic rings. The van der Waals surface area contributed by atoms with Crippen molar-refractivity contribution in [3.8, 4) is 0 Å². The summed E-state index contributed by atoms with van der Waals surface area (Å²) >= 11 is 0. The Morgan fingerprint density at radius 1 is 1.26 bits per heavy atom. The highest BCUT2D eigenvalue weighted by atomic mass is 19.1. The minimum absolute atomic E-state index is 0.0596. The Morgan fingerprint density at radius 2 is 1.96 bits per heavy atom. The lowest BCUT2D eigenvalue weighted by Gasteiger charge is -2.29. The molecule has 1 aliphatic carbocycles. The average Bonchev–Trinajstić information content (AvgIpc) is 3.10. The topological polar surface area (TPSA) is 67.2 Å². The van der Waals surface area contributed by atoms with Crippen molar-refractivity contribution >= 4 is 5.91 Å². The third kappa shape index (κ3) is 3.76. The summed E-state index contributed by atoms with van der Waals surface area (Å²) in [4.78, 5) is 12.1. The highest BCUT2D eigenvalue weighted by Crippen LogP contribution is 2.28. The van der Waals surface area contributed by atoms with Crippen molar-refractivity contribution in [3.63, 3.8) is 0 Å². The number of hydrogen-bond acceptors (Lipinski definition) is 3. The molecule has 6 heteroatoms. The van der Waals surface area contributed by atoms with E-state index in [9.17, 15) is 14.3 Å². The molecule has 1 amide bonds. The summed E-state index contributed by atoms with van der Waals surface area (Å²) in [5, 5.41) is 17.2. The molecule has 0 saturated heterocycles. The Morgan fingerprint density at radius 3 is 2.57 bits per heavy atom. The molecule has 1 heterocycles. The van der Waals surface area contributed by atoms with Gasteiger partial charge in [-0.3, -0.25) is 9.48 Å². The van der Waals surface area contributed by atoms with E-state index in [1.807, 2.05) is 16.9 Å². The van der Waals surface area contributed by atoms with E-state index in [0.29, 0.717) is 11.6 Å². The van der Waals surface area contributed by atoms with Crippen molar-refractivity contribution in [2.45, 2.75) is 43.9 Å². The molecular weight excluding hydrogens is 297 g/mol. The van der Waals surface area contributed by atoms with Crippen molar-refractivity contribution in [3.05, 3.63) is 54.1 Å². The predicted molar refractivity (Wildman–Crippen MR) is 83.0 cm³/mol. The molecule has 1 unspecified atom stereocenters. The average molecular weight is 317 g/mol. The van der Waals surface area contributed by atoms with Gasteiger partial charge in [-0.25, -0.2) is 4.39 Å². The summed E-state index contributed by atoms with van der Waals surface area (Å²) in [5.74, 6) is -0.822. The van der Waals surface area contributed by atoms with E-state index in [4.69, 9.17) is 0 Å². The number of aliphatic hydroxyl groups is 1. The lowest BCUT2D eigenvalue weighted by Crippen LogP contribution is -2.40. The largest absolute Gasteiger partial charge is 0.378 e. The molecule has 1 fully saturated rings. The second-order valence-corrected chi connectivity index (χ2v) is 5.95. The maximum absolute atomic E-state index is 12.9. The van der Waals surface area contributed by atoms with E-state index in [-0.39, 0.29) is 6.04 Å². The number of carbonyl (C=O) groups excluding carboxylic acids is 1. The highest BCUT2D eigenvalue weighted by Gasteiger charge is 2.26. The van der Waals surface area contributed by atoms with Crippen LogP contribution in [0.5, 0.6) is 0 Å². The van der Waals surface area contributed by atoms with Gasteiger partial charge in [0.2, 0.25) is 0 Å². The number of nitrogens with one attached hydrogen (secondary N) is 1. The van der Waals surface area contributed by atoms with Gasteiger partial charge < -0.3 is 10.4 Å².